The van der Waals surface area contributed by atoms with Gasteiger partial charge in [-0.1, -0.05) is 66.2 Å². The molecule has 7 aromatic rings. The lowest BCUT2D eigenvalue weighted by atomic mass is 9.60. The van der Waals surface area contributed by atoms with Crippen LogP contribution in [0, 0.1) is 27.7 Å². The second-order valence-corrected chi connectivity index (χ2v) is 12.9. The van der Waals surface area contributed by atoms with Gasteiger partial charge in [0.15, 0.2) is 11.8 Å². The maximum absolute atomic E-state index is 6.43. The summed E-state index contributed by atoms with van der Waals surface area (Å²) in [6.45, 7) is 8.93. The van der Waals surface area contributed by atoms with E-state index in [0.29, 0.717) is 5.71 Å². The van der Waals surface area contributed by atoms with E-state index < -0.39 is 0 Å². The van der Waals surface area contributed by atoms with Gasteiger partial charge in [-0.25, -0.2) is 9.55 Å². The summed E-state index contributed by atoms with van der Waals surface area (Å²) in [5.74, 6) is 0.529. The van der Waals surface area contributed by atoms with Gasteiger partial charge in [-0.15, -0.1) is 0 Å². The Morgan fingerprint density at radius 3 is 2.30 bits per heavy atom. The number of fused-ring (bicyclic) bond motifs is 3. The van der Waals surface area contributed by atoms with Crippen molar-refractivity contribution in [3.05, 3.63) is 153 Å². The number of hydrogen-bond acceptors (Lipinski definition) is 2. The van der Waals surface area contributed by atoms with Crippen LogP contribution in [0.2, 0.25) is 0 Å². The molecule has 3 heteroatoms. The fraction of sp³-hybridized carbons (Fsp3) is 0.171. The molecular formula is C41H33N2O+. The van der Waals surface area contributed by atoms with Crippen molar-refractivity contribution >= 4 is 22.1 Å². The molecule has 3 aliphatic rings. The Kier molecular flexibility index (Phi) is 5.21. The molecule has 212 valence electrons. The summed E-state index contributed by atoms with van der Waals surface area (Å²) >= 11 is 0. The first-order chi connectivity index (χ1) is 21.4. The molecule has 0 N–H and O–H groups in total. The molecule has 4 aromatic carbocycles. The van der Waals surface area contributed by atoms with Crippen LogP contribution in [0.3, 0.4) is 0 Å². The van der Waals surface area contributed by atoms with Crippen LogP contribution in [0.15, 0.2) is 102 Å². The number of furan rings is 1. The highest BCUT2D eigenvalue weighted by Crippen LogP contribution is 2.57. The molecule has 3 nitrogen and oxygen atoms in total. The maximum Gasteiger partial charge on any atom is 0.227 e. The van der Waals surface area contributed by atoms with E-state index in [4.69, 9.17) is 4.42 Å². The summed E-state index contributed by atoms with van der Waals surface area (Å²) in [6, 6.07) is 31.9. The third kappa shape index (κ3) is 3.38. The normalized spacial score (nSPS) is 16.3. The summed E-state index contributed by atoms with van der Waals surface area (Å²) in [5, 5.41) is 2.15. The molecule has 10 rings (SSSR count). The van der Waals surface area contributed by atoms with Gasteiger partial charge in [0.2, 0.25) is 11.4 Å². The quantitative estimate of drug-likeness (QED) is 0.194. The van der Waals surface area contributed by atoms with Crippen molar-refractivity contribution in [3.8, 4) is 22.4 Å². The van der Waals surface area contributed by atoms with Crippen LogP contribution in [0.1, 0.15) is 67.5 Å². The fourth-order valence-corrected chi connectivity index (χ4v) is 8.27. The monoisotopic (exact) mass is 569 g/mol. The van der Waals surface area contributed by atoms with E-state index >= 15 is 0 Å². The highest BCUT2D eigenvalue weighted by molar-refractivity contribution is 6.08. The van der Waals surface area contributed by atoms with Crippen LogP contribution in [-0.2, 0) is 7.05 Å². The molecule has 3 aromatic heterocycles. The van der Waals surface area contributed by atoms with Crippen LogP contribution >= 0.6 is 0 Å². The molecule has 44 heavy (non-hydrogen) atoms. The molecule has 0 saturated heterocycles. The molecular weight excluding hydrogens is 536 g/mol. The molecule has 2 bridgehead atoms. The third-order valence-electron chi connectivity index (χ3n) is 10.2. The second-order valence-electron chi connectivity index (χ2n) is 12.9. The Morgan fingerprint density at radius 1 is 0.659 bits per heavy atom. The zero-order valence-electron chi connectivity index (χ0n) is 25.7. The molecule has 3 aliphatic carbocycles. The highest BCUT2D eigenvalue weighted by Gasteiger charge is 2.42. The van der Waals surface area contributed by atoms with Crippen molar-refractivity contribution in [2.75, 3.05) is 0 Å². The van der Waals surface area contributed by atoms with Crippen molar-refractivity contribution < 1.29 is 8.98 Å². The Hall–Kier alpha value is -5.02. The zero-order chi connectivity index (χ0) is 29.9. The number of pyridine rings is 2. The molecule has 0 radical (unpaired) electrons. The predicted molar refractivity (Wildman–Crippen MR) is 177 cm³/mol. The number of rotatable bonds is 2. The molecule has 0 aliphatic heterocycles. The number of benzene rings is 4. The van der Waals surface area contributed by atoms with Crippen LogP contribution in [0.25, 0.3) is 44.5 Å². The SMILES string of the molecule is Cc1ccc2c(c1)C1c3ccccc3C2c2cc(-c3cc(-c4c(C)ccc5c4oc4ncccc45)[n+](C)cc3C)cc(C)c21. The van der Waals surface area contributed by atoms with E-state index in [1.165, 1.54) is 66.8 Å². The van der Waals surface area contributed by atoms with E-state index in [-0.39, 0.29) is 11.8 Å². The molecule has 2 unspecified atom stereocenters. The molecule has 0 fully saturated rings. The van der Waals surface area contributed by atoms with Gasteiger partial charge in [0.25, 0.3) is 0 Å². The van der Waals surface area contributed by atoms with Crippen LogP contribution in [0.5, 0.6) is 0 Å². The van der Waals surface area contributed by atoms with E-state index in [9.17, 15) is 0 Å². The second kappa shape index (κ2) is 9.00. The predicted octanol–water partition coefficient (Wildman–Crippen LogP) is 9.36. The van der Waals surface area contributed by atoms with Crippen LogP contribution in [-0.4, -0.2) is 4.98 Å². The summed E-state index contributed by atoms with van der Waals surface area (Å²) < 4.78 is 8.67. The Morgan fingerprint density at radius 2 is 1.45 bits per heavy atom. The van der Waals surface area contributed by atoms with Gasteiger partial charge < -0.3 is 4.42 Å². The van der Waals surface area contributed by atoms with Crippen molar-refractivity contribution in [2.45, 2.75) is 39.5 Å². The minimum absolute atomic E-state index is 0.249. The summed E-state index contributed by atoms with van der Waals surface area (Å²) in [7, 11) is 2.14. The fourth-order valence-electron chi connectivity index (χ4n) is 8.27. The number of nitrogens with zero attached hydrogens (tertiary/aromatic N) is 2. The number of aryl methyl sites for hydroxylation is 5. The van der Waals surface area contributed by atoms with Gasteiger partial charge in [0.1, 0.15) is 7.05 Å². The van der Waals surface area contributed by atoms with E-state index in [1.807, 2.05) is 6.07 Å². The first-order valence-electron chi connectivity index (χ1n) is 15.5. The van der Waals surface area contributed by atoms with Gasteiger partial charge >= 0.3 is 0 Å². The Bertz CT molecular complexity index is 2360. The molecule has 0 spiro atoms. The summed E-state index contributed by atoms with van der Waals surface area (Å²) in [4.78, 5) is 4.52. The van der Waals surface area contributed by atoms with E-state index in [0.717, 1.165) is 27.6 Å². The van der Waals surface area contributed by atoms with E-state index in [1.54, 1.807) is 6.20 Å². The van der Waals surface area contributed by atoms with Crippen molar-refractivity contribution in [1.29, 1.82) is 0 Å². The van der Waals surface area contributed by atoms with Gasteiger partial charge in [0.05, 0.1) is 5.56 Å². The average molecular weight is 570 g/mol. The first-order valence-corrected chi connectivity index (χ1v) is 15.5. The summed E-state index contributed by atoms with van der Waals surface area (Å²) in [6.07, 6.45) is 4.06. The lowest BCUT2D eigenvalue weighted by Crippen LogP contribution is -2.31. The standard InChI is InChI=1S/C41H33N2O/c1-22-12-14-29-33(17-22)39-28-10-7-6-9-27(28)38(29)34-19-26(18-24(3)36(34)39)32-20-35(43(5)21-25(32)4)37-23(2)13-15-30-31-11-8-16-42-41(31)44-40(30)37/h6-21,38-39H,1-5H3/q+1. The lowest BCUT2D eigenvalue weighted by molar-refractivity contribution is -0.660. The van der Waals surface area contributed by atoms with E-state index in [2.05, 4.69) is 129 Å². The lowest BCUT2D eigenvalue weighted by Gasteiger charge is -2.43. The van der Waals surface area contributed by atoms with Crippen LogP contribution < -0.4 is 4.57 Å². The maximum atomic E-state index is 6.43. The molecule has 0 saturated carbocycles. The Balaban J connectivity index is 1.27. The summed E-state index contributed by atoms with van der Waals surface area (Å²) in [5.41, 5.74) is 20.3. The van der Waals surface area contributed by atoms with Crippen molar-refractivity contribution in [1.82, 2.24) is 4.98 Å². The first kappa shape index (κ1) is 25.5. The smallest absolute Gasteiger partial charge is 0.227 e. The average Bonchev–Trinajstić information content (AvgIpc) is 3.40. The largest absolute Gasteiger partial charge is 0.437 e. The van der Waals surface area contributed by atoms with Crippen LogP contribution in [0.4, 0.5) is 0 Å². The number of aromatic nitrogens is 2. The third-order valence-corrected chi connectivity index (χ3v) is 10.2. The topological polar surface area (TPSA) is 29.9 Å². The van der Waals surface area contributed by atoms with Crippen molar-refractivity contribution in [3.63, 3.8) is 0 Å². The van der Waals surface area contributed by atoms with Gasteiger partial charge in [-0.2, -0.15) is 0 Å². The minimum Gasteiger partial charge on any atom is -0.437 e. The zero-order valence-corrected chi connectivity index (χ0v) is 25.7. The van der Waals surface area contributed by atoms with Gasteiger partial charge in [-0.05, 0) is 102 Å². The molecule has 2 atom stereocenters. The van der Waals surface area contributed by atoms with Crippen molar-refractivity contribution in [2.24, 2.45) is 7.05 Å². The minimum atomic E-state index is 0.249. The highest BCUT2D eigenvalue weighted by atomic mass is 16.3. The van der Waals surface area contributed by atoms with Gasteiger partial charge in [-0.3, -0.25) is 0 Å². The number of hydrogen-bond donors (Lipinski definition) is 0. The Labute approximate surface area is 257 Å². The molecule has 3 heterocycles. The molecule has 0 amide bonds. The van der Waals surface area contributed by atoms with Gasteiger partial charge in [0, 0.05) is 40.4 Å².